The zero-order chi connectivity index (χ0) is 36.2. The highest BCUT2D eigenvalue weighted by atomic mass is 79.9. The number of hydrogen-bond acceptors (Lipinski definition) is 17. The molecule has 11 atom stereocenters. The number of carbonyl (C=O) groups is 1. The van der Waals surface area contributed by atoms with Crippen LogP contribution < -0.4 is 10.3 Å². The second-order valence-corrected chi connectivity index (χ2v) is 15.8. The molecule has 5 rings (SSSR count). The molecule has 0 spiro atoms. The maximum absolute atomic E-state index is 12.9. The molecule has 24 nitrogen and oxygen atoms in total. The Kier molecular flexibility index (Phi) is 10.8. The molecule has 49 heavy (non-hydrogen) atoms. The normalized spacial score (nSPS) is 30.6. The minimum Gasteiger partial charge on any atom is -0.477 e. The molecule has 3 unspecified atom stereocenters. The molecule has 2 aliphatic heterocycles. The third-order valence-corrected chi connectivity index (χ3v) is 11.5. The number of ether oxygens (including phenoxy) is 2. The summed E-state index contributed by atoms with van der Waals surface area (Å²) in [6.45, 7) is -1.16. The number of aliphatic hydroxyl groups is 4. The van der Waals surface area contributed by atoms with Crippen molar-refractivity contribution in [2.45, 2.75) is 54.9 Å². The summed E-state index contributed by atoms with van der Waals surface area (Å²) >= 11 is 3.11. The summed E-state index contributed by atoms with van der Waals surface area (Å²) in [4.78, 5) is 62.7. The third kappa shape index (κ3) is 7.93. The third-order valence-electron chi connectivity index (χ3n) is 7.18. The van der Waals surface area contributed by atoms with Gasteiger partial charge in [-0.05, 0) is 22.0 Å². The smallest absolute Gasteiger partial charge is 0.477 e. The van der Waals surface area contributed by atoms with Gasteiger partial charge in [0.1, 0.15) is 42.4 Å². The number of hydrogen-bond donors (Lipinski definition) is 10. The van der Waals surface area contributed by atoms with E-state index in [-0.39, 0.29) is 27.3 Å². The van der Waals surface area contributed by atoms with Gasteiger partial charge in [-0.15, -0.1) is 0 Å². The zero-order valence-electron chi connectivity index (χ0n) is 24.0. The van der Waals surface area contributed by atoms with E-state index in [1.165, 1.54) is 18.3 Å². The number of carboxylic acids is 1. The van der Waals surface area contributed by atoms with Crippen molar-refractivity contribution in [1.82, 2.24) is 19.5 Å². The molecule has 3 aromatic heterocycles. The number of aromatic nitrogens is 5. The largest absolute Gasteiger partial charge is 0.479 e. The molecule has 11 N–H and O–H groups in total. The highest BCUT2D eigenvalue weighted by molar-refractivity contribution is 9.10. The molecule has 28 heteroatoms. The number of phosphoric ester groups is 2. The van der Waals surface area contributed by atoms with Gasteiger partial charge in [-0.2, -0.15) is 4.57 Å². The molecule has 0 aliphatic carbocycles. The molecule has 2 fully saturated rings. The quantitative estimate of drug-likeness (QED) is 0.0529. The molecule has 0 saturated carbocycles. The van der Waals surface area contributed by atoms with E-state index in [9.17, 15) is 63.6 Å². The lowest BCUT2D eigenvalue weighted by Gasteiger charge is -2.25. The number of carboxylic acid groups (broad SMARTS) is 1. The number of nitrogens with zero attached hydrogens (tertiary/aromatic N) is 5. The number of nitrogen functional groups attached to an aromatic ring is 1. The van der Waals surface area contributed by atoms with E-state index in [1.54, 1.807) is 0 Å². The number of pyridine rings is 1. The van der Waals surface area contributed by atoms with E-state index in [1.807, 2.05) is 0 Å². The summed E-state index contributed by atoms with van der Waals surface area (Å²) in [7, 11) is -16.8. The highest BCUT2D eigenvalue weighted by Crippen LogP contribution is 2.63. The van der Waals surface area contributed by atoms with Crippen molar-refractivity contribution in [3.8, 4) is 0 Å². The molecule has 0 aromatic carbocycles. The Hall–Kier alpha value is -2.38. The minimum absolute atomic E-state index is 0.00943. The number of nitrogens with two attached hydrogens (primary N) is 1. The highest BCUT2D eigenvalue weighted by Gasteiger charge is 2.57. The fraction of sp³-hybridized carbons (Fsp3) is 0.476. The van der Waals surface area contributed by atoms with Gasteiger partial charge in [-0.25, -0.2) is 33.2 Å². The summed E-state index contributed by atoms with van der Waals surface area (Å²) in [5.41, 5.74) is 5.48. The monoisotopic (exact) mass is 823 g/mol. The summed E-state index contributed by atoms with van der Waals surface area (Å²) in [5, 5.41) is 51.5. The molecule has 0 bridgehead atoms. The van der Waals surface area contributed by atoms with Crippen LogP contribution >= 0.6 is 39.2 Å². The second kappa shape index (κ2) is 14.0. The Morgan fingerprint density at radius 2 is 1.80 bits per heavy atom. The maximum atomic E-state index is 12.9. The van der Waals surface area contributed by atoms with Gasteiger partial charge in [-0.1, -0.05) is 0 Å². The van der Waals surface area contributed by atoms with E-state index < -0.39 is 90.7 Å². The van der Waals surface area contributed by atoms with Crippen LogP contribution in [-0.4, -0.2) is 120 Å². The van der Waals surface area contributed by atoms with Crippen LogP contribution in [0.1, 0.15) is 22.8 Å². The van der Waals surface area contributed by atoms with Crippen LogP contribution in [0.15, 0.2) is 35.6 Å². The average molecular weight is 824 g/mol. The van der Waals surface area contributed by atoms with Crippen LogP contribution in [0.5, 0.6) is 0 Å². The Morgan fingerprint density at radius 1 is 1.10 bits per heavy atom. The second-order valence-electron chi connectivity index (χ2n) is 10.4. The van der Waals surface area contributed by atoms with Crippen molar-refractivity contribution in [3.63, 3.8) is 0 Å². The molecule has 0 amide bonds. The van der Waals surface area contributed by atoms with Crippen molar-refractivity contribution < 1.29 is 91.0 Å². The number of rotatable bonds is 12. The lowest BCUT2D eigenvalue weighted by atomic mass is 10.1. The average Bonchev–Trinajstić information content (AvgIpc) is 3.60. The summed E-state index contributed by atoms with van der Waals surface area (Å²) in [6.07, 6.45) is -11.8. The van der Waals surface area contributed by atoms with Crippen molar-refractivity contribution in [3.05, 3.63) is 41.2 Å². The molecular formula is C21H27BrN6O18P3+. The van der Waals surface area contributed by atoms with Crippen LogP contribution in [0.3, 0.4) is 0 Å². The van der Waals surface area contributed by atoms with Gasteiger partial charge < -0.3 is 60.3 Å². The van der Waals surface area contributed by atoms with Crippen LogP contribution in [0, 0.1) is 0 Å². The topological polar surface area (TPSA) is 370 Å². The van der Waals surface area contributed by atoms with Crippen LogP contribution in [0.25, 0.3) is 11.2 Å². The van der Waals surface area contributed by atoms with E-state index >= 15 is 0 Å². The van der Waals surface area contributed by atoms with Gasteiger partial charge in [-0.3, -0.25) is 18.2 Å². The van der Waals surface area contributed by atoms with Crippen molar-refractivity contribution >= 4 is 62.1 Å². The van der Waals surface area contributed by atoms with Crippen LogP contribution in [-0.2, 0) is 36.5 Å². The minimum atomic E-state index is -5.73. The van der Waals surface area contributed by atoms with Gasteiger partial charge in [0.25, 0.3) is 6.23 Å². The van der Waals surface area contributed by atoms with Gasteiger partial charge in [0.2, 0.25) is 0 Å². The van der Waals surface area contributed by atoms with E-state index in [4.69, 9.17) is 24.3 Å². The molecule has 2 aliphatic rings. The Labute approximate surface area is 280 Å². The maximum Gasteiger partial charge on any atom is 0.479 e. The predicted molar refractivity (Wildman–Crippen MR) is 156 cm³/mol. The van der Waals surface area contributed by atoms with Gasteiger partial charge in [0.15, 0.2) is 52.3 Å². The first-order valence-corrected chi connectivity index (χ1v) is 18.8. The molecule has 270 valence electrons. The number of aliphatic hydroxyl groups excluding tert-OH is 4. The van der Waals surface area contributed by atoms with E-state index in [0.29, 0.717) is 0 Å². The molecule has 3 aromatic rings. The SMILES string of the molecule is Nc1ncnc2c1nc(Br)n2[C@@H]1O[C@H](COP(=O)(O)OP(=O)(O)C(O)[C@@H]2O[C@@H]([n+]3cccc(C(=O)O)c3)[C@H](O)[C@@H]2O)[C@@H](O)[C@H]1OP(=O)(O)O. The van der Waals surface area contributed by atoms with Crippen molar-refractivity contribution in [2.75, 3.05) is 12.3 Å². The number of imidazole rings is 1. The first kappa shape index (κ1) is 37.9. The molecule has 5 heterocycles. The molecule has 2 saturated heterocycles. The van der Waals surface area contributed by atoms with E-state index in [2.05, 4.69) is 35.2 Å². The zero-order valence-corrected chi connectivity index (χ0v) is 28.3. The Morgan fingerprint density at radius 3 is 2.45 bits per heavy atom. The fourth-order valence-corrected chi connectivity index (χ4v) is 8.79. The van der Waals surface area contributed by atoms with Crippen molar-refractivity contribution in [2.24, 2.45) is 0 Å². The van der Waals surface area contributed by atoms with Gasteiger partial charge in [0.05, 0.1) is 6.61 Å². The molecular weight excluding hydrogens is 797 g/mol. The summed E-state index contributed by atoms with van der Waals surface area (Å²) in [5.74, 6) is -4.25. The fourth-order valence-electron chi connectivity index (χ4n) is 4.99. The number of fused-ring (bicyclic) bond motifs is 1. The lowest BCUT2D eigenvalue weighted by molar-refractivity contribution is -0.766. The van der Waals surface area contributed by atoms with E-state index in [0.717, 1.165) is 21.7 Å². The Balaban J connectivity index is 1.30. The lowest BCUT2D eigenvalue weighted by Crippen LogP contribution is -2.46. The predicted octanol–water partition coefficient (Wildman–Crippen LogP) is -2.15. The van der Waals surface area contributed by atoms with Crippen LogP contribution in [0.4, 0.5) is 5.82 Å². The Bertz CT molecular complexity index is 1880. The molecule has 0 radical (unpaired) electrons. The van der Waals surface area contributed by atoms with Crippen molar-refractivity contribution in [1.29, 1.82) is 0 Å². The first-order chi connectivity index (χ1) is 22.7. The van der Waals surface area contributed by atoms with Crippen LogP contribution in [0.2, 0.25) is 0 Å². The standard InChI is InChI=1S/C21H26BrN6O18P3/c22-21-26-9-15(23)24-6-25-16(9)28(21)18-13(45-48(37,38)39)10(29)8(43-18)5-42-49(40,41)46-47(35,36)20(34)14-11(30)12(31)17(44-14)27-3-1-2-7(4-27)19(32)33/h1-4,6,8,10-14,17-18,20,29-31,34H,5H2,(H6-,23,24,25,32,33,35,36,37,38,39,40,41)/p+1/t8-,10-,11+,12-,13-,14-,17-,18-,20?/m1/s1. The first-order valence-electron chi connectivity index (χ1n) is 13.4. The number of aromatic carboxylic acids is 1. The summed E-state index contributed by atoms with van der Waals surface area (Å²) < 4.78 is 64.0. The summed E-state index contributed by atoms with van der Waals surface area (Å²) in [6, 6.07) is 2.45. The number of anilines is 1. The number of phosphoric acid groups is 2. The van der Waals surface area contributed by atoms with Gasteiger partial charge >= 0.3 is 29.2 Å². The number of halogens is 1. The van der Waals surface area contributed by atoms with Gasteiger partial charge in [0, 0.05) is 6.07 Å².